The molecule has 2 amide bonds. The molecule has 0 saturated heterocycles. The van der Waals surface area contributed by atoms with Crippen molar-refractivity contribution in [3.05, 3.63) is 106 Å². The Morgan fingerprint density at radius 2 is 1.93 bits per heavy atom. The number of nitrogens with one attached hydrogen (secondary N) is 1. The highest BCUT2D eigenvalue weighted by Gasteiger charge is 2.40. The van der Waals surface area contributed by atoms with Gasteiger partial charge in [-0.2, -0.15) is 5.10 Å². The molecule has 10 heteroatoms. The number of fused-ring (bicyclic) bond motifs is 1. The third kappa shape index (κ3) is 5.90. The fourth-order valence-corrected chi connectivity index (χ4v) is 6.06. The number of anilines is 1. The van der Waals surface area contributed by atoms with Crippen LogP contribution in [0, 0.1) is 5.82 Å². The first-order valence-electron chi connectivity index (χ1n) is 12.8. The third-order valence-corrected chi connectivity index (χ3v) is 7.99. The van der Waals surface area contributed by atoms with Crippen molar-refractivity contribution in [2.45, 2.75) is 38.0 Å². The SMILES string of the molecule is CC(C)(C)c1nn(-c2cccc(Cl)c2)c2c1[C@H](c1cccc(F)c1)SCC(=O)N2CC(=O)NCc1ccccn1. The Morgan fingerprint density at radius 1 is 1.12 bits per heavy atom. The van der Waals surface area contributed by atoms with Crippen LogP contribution in [0.4, 0.5) is 10.2 Å². The van der Waals surface area contributed by atoms with Crippen molar-refractivity contribution in [1.29, 1.82) is 0 Å². The van der Waals surface area contributed by atoms with Gasteiger partial charge in [-0.1, -0.05) is 56.6 Å². The number of hydrogen-bond donors (Lipinski definition) is 1. The zero-order chi connectivity index (χ0) is 28.4. The van der Waals surface area contributed by atoms with Crippen LogP contribution in [0.3, 0.4) is 0 Å². The first kappa shape index (κ1) is 27.9. The van der Waals surface area contributed by atoms with Crippen LogP contribution in [-0.2, 0) is 21.5 Å². The topological polar surface area (TPSA) is 80.1 Å². The number of carbonyl (C=O) groups is 2. The fraction of sp³-hybridized carbons (Fsp3) is 0.267. The second kappa shape index (κ2) is 11.4. The highest BCUT2D eigenvalue weighted by atomic mass is 35.5. The molecule has 0 aliphatic carbocycles. The Morgan fingerprint density at radius 3 is 2.62 bits per heavy atom. The van der Waals surface area contributed by atoms with Crippen LogP contribution in [0.2, 0.25) is 5.02 Å². The van der Waals surface area contributed by atoms with Crippen LogP contribution >= 0.6 is 23.4 Å². The lowest BCUT2D eigenvalue weighted by Gasteiger charge is -2.24. The number of benzene rings is 2. The van der Waals surface area contributed by atoms with E-state index in [4.69, 9.17) is 16.7 Å². The lowest BCUT2D eigenvalue weighted by Crippen LogP contribution is -2.42. The maximum atomic E-state index is 14.4. The van der Waals surface area contributed by atoms with Gasteiger partial charge in [0.15, 0.2) is 0 Å². The molecule has 0 bridgehead atoms. The zero-order valence-electron chi connectivity index (χ0n) is 22.4. The molecule has 1 aliphatic rings. The van der Waals surface area contributed by atoms with E-state index >= 15 is 0 Å². The molecule has 1 N–H and O–H groups in total. The Hall–Kier alpha value is -3.69. The summed E-state index contributed by atoms with van der Waals surface area (Å²) in [4.78, 5) is 32.7. The number of aromatic nitrogens is 3. The van der Waals surface area contributed by atoms with Gasteiger partial charge in [-0.25, -0.2) is 9.07 Å². The van der Waals surface area contributed by atoms with Gasteiger partial charge >= 0.3 is 0 Å². The minimum Gasteiger partial charge on any atom is -0.349 e. The van der Waals surface area contributed by atoms with Gasteiger partial charge in [-0.15, -0.1) is 11.8 Å². The average Bonchev–Trinajstić information content (AvgIpc) is 3.26. The van der Waals surface area contributed by atoms with E-state index in [0.717, 1.165) is 16.8 Å². The molecule has 7 nitrogen and oxygen atoms in total. The quantitative estimate of drug-likeness (QED) is 0.311. The number of halogens is 2. The van der Waals surface area contributed by atoms with Gasteiger partial charge in [-0.3, -0.25) is 19.5 Å². The molecular formula is C30H29ClFN5O2S. The van der Waals surface area contributed by atoms with E-state index in [9.17, 15) is 14.0 Å². The highest BCUT2D eigenvalue weighted by molar-refractivity contribution is 8.00. The van der Waals surface area contributed by atoms with Gasteiger partial charge in [0, 0.05) is 22.2 Å². The second-order valence-corrected chi connectivity index (χ2v) is 12.1. The normalized spacial score (nSPS) is 15.5. The second-order valence-electron chi connectivity index (χ2n) is 10.6. The number of nitrogens with zero attached hydrogens (tertiary/aromatic N) is 4. The van der Waals surface area contributed by atoms with Crippen molar-refractivity contribution < 1.29 is 14.0 Å². The van der Waals surface area contributed by atoms with E-state index in [1.807, 2.05) is 51.1 Å². The van der Waals surface area contributed by atoms with E-state index < -0.39 is 10.7 Å². The van der Waals surface area contributed by atoms with E-state index in [-0.39, 0.29) is 36.5 Å². The largest absolute Gasteiger partial charge is 0.349 e. The van der Waals surface area contributed by atoms with Crippen molar-refractivity contribution in [2.24, 2.45) is 0 Å². The van der Waals surface area contributed by atoms with Crippen molar-refractivity contribution in [2.75, 3.05) is 17.2 Å². The van der Waals surface area contributed by atoms with E-state index in [2.05, 4.69) is 10.3 Å². The molecule has 1 aliphatic heterocycles. The molecule has 0 spiro atoms. The summed E-state index contributed by atoms with van der Waals surface area (Å²) in [5, 5.41) is 8.01. The van der Waals surface area contributed by atoms with E-state index in [1.54, 1.807) is 35.1 Å². The zero-order valence-corrected chi connectivity index (χ0v) is 24.0. The van der Waals surface area contributed by atoms with Gasteiger partial charge in [-0.05, 0) is 48.0 Å². The summed E-state index contributed by atoms with van der Waals surface area (Å²) < 4.78 is 16.1. The lowest BCUT2D eigenvalue weighted by atomic mass is 9.87. The number of carbonyl (C=O) groups excluding carboxylic acids is 2. The van der Waals surface area contributed by atoms with Gasteiger partial charge in [0.2, 0.25) is 11.8 Å². The first-order chi connectivity index (χ1) is 19.1. The summed E-state index contributed by atoms with van der Waals surface area (Å²) in [6.45, 7) is 6.15. The molecule has 206 valence electrons. The van der Waals surface area contributed by atoms with Gasteiger partial charge < -0.3 is 5.32 Å². The highest BCUT2D eigenvalue weighted by Crippen LogP contribution is 2.48. The molecule has 0 fully saturated rings. The molecule has 0 radical (unpaired) electrons. The predicted molar refractivity (Wildman–Crippen MR) is 156 cm³/mol. The van der Waals surface area contributed by atoms with Crippen molar-refractivity contribution in [3.63, 3.8) is 0 Å². The number of thioether (sulfide) groups is 1. The molecule has 5 rings (SSSR count). The maximum absolute atomic E-state index is 14.4. The van der Waals surface area contributed by atoms with E-state index in [0.29, 0.717) is 22.2 Å². The van der Waals surface area contributed by atoms with Crippen LogP contribution in [0.25, 0.3) is 5.69 Å². The summed E-state index contributed by atoms with van der Waals surface area (Å²) in [6, 6.07) is 19.1. The van der Waals surface area contributed by atoms with Crippen molar-refractivity contribution >= 4 is 41.0 Å². The maximum Gasteiger partial charge on any atom is 0.240 e. The molecule has 4 aromatic rings. The van der Waals surface area contributed by atoms with Crippen molar-refractivity contribution in [1.82, 2.24) is 20.1 Å². The lowest BCUT2D eigenvalue weighted by molar-refractivity contribution is -0.123. The Kier molecular flexibility index (Phi) is 7.96. The first-order valence-corrected chi connectivity index (χ1v) is 14.3. The fourth-order valence-electron chi connectivity index (χ4n) is 4.69. The molecule has 2 aromatic carbocycles. The molecule has 2 aromatic heterocycles. The minimum atomic E-state index is -0.430. The Labute approximate surface area is 241 Å². The number of amides is 2. The van der Waals surface area contributed by atoms with E-state index in [1.165, 1.54) is 28.8 Å². The monoisotopic (exact) mass is 577 g/mol. The van der Waals surface area contributed by atoms with Crippen LogP contribution in [0.15, 0.2) is 72.9 Å². The molecule has 1 atom stereocenters. The van der Waals surface area contributed by atoms with Crippen LogP contribution < -0.4 is 10.2 Å². The van der Waals surface area contributed by atoms with Crippen molar-refractivity contribution in [3.8, 4) is 5.69 Å². The summed E-state index contributed by atoms with van der Waals surface area (Å²) >= 11 is 7.76. The van der Waals surface area contributed by atoms with Gasteiger partial charge in [0.1, 0.15) is 18.2 Å². The summed E-state index contributed by atoms with van der Waals surface area (Å²) in [5.41, 5.74) is 3.16. The molecule has 0 saturated carbocycles. The number of rotatable bonds is 6. The molecule has 0 unspecified atom stereocenters. The van der Waals surface area contributed by atoms with Crippen LogP contribution in [0.1, 0.15) is 48.5 Å². The predicted octanol–water partition coefficient (Wildman–Crippen LogP) is 5.84. The summed E-state index contributed by atoms with van der Waals surface area (Å²) in [5.74, 6) is -0.371. The summed E-state index contributed by atoms with van der Waals surface area (Å²) in [7, 11) is 0. The Bertz CT molecular complexity index is 1550. The summed E-state index contributed by atoms with van der Waals surface area (Å²) in [6.07, 6.45) is 1.66. The Balaban J connectivity index is 1.66. The molecule has 40 heavy (non-hydrogen) atoms. The molecule has 3 heterocycles. The minimum absolute atomic E-state index is 0.0997. The van der Waals surface area contributed by atoms with Gasteiger partial charge in [0.25, 0.3) is 0 Å². The van der Waals surface area contributed by atoms with Crippen LogP contribution in [0.5, 0.6) is 0 Å². The smallest absolute Gasteiger partial charge is 0.240 e. The number of hydrogen-bond acceptors (Lipinski definition) is 5. The molecular weight excluding hydrogens is 549 g/mol. The third-order valence-electron chi connectivity index (χ3n) is 6.50. The number of pyridine rings is 1. The van der Waals surface area contributed by atoms with Gasteiger partial charge in [0.05, 0.1) is 34.6 Å². The van der Waals surface area contributed by atoms with Crippen LogP contribution in [-0.4, -0.2) is 38.9 Å². The standard InChI is InChI=1S/C30H29ClFN5O2S/c1-30(2,3)28-26-27(19-8-6-10-21(32)14-19)40-18-25(39)36(17-24(38)34-16-22-11-4-5-13-33-22)29(26)37(35-28)23-12-7-9-20(31)15-23/h4-15,27H,16-18H2,1-3H3,(H,34,38)/t27-/m0/s1. The average molecular weight is 578 g/mol.